The summed E-state index contributed by atoms with van der Waals surface area (Å²) >= 11 is 8.26. The number of amides is 2. The van der Waals surface area contributed by atoms with Crippen molar-refractivity contribution in [1.29, 1.82) is 5.41 Å². The number of anilines is 1. The van der Waals surface area contributed by atoms with Gasteiger partial charge in [-0.05, 0) is 68.2 Å². The largest absolute Gasteiger partial charge is 0.376 e. The molecule has 2 amide bonds. The van der Waals surface area contributed by atoms with Crippen LogP contribution >= 0.6 is 34.2 Å². The number of benzene rings is 2. The first-order valence-electron chi connectivity index (χ1n) is 14.0. The van der Waals surface area contributed by atoms with E-state index in [1.54, 1.807) is 68.7 Å². The molecule has 1 aliphatic rings. The van der Waals surface area contributed by atoms with Gasteiger partial charge in [-0.15, -0.1) is 0 Å². The van der Waals surface area contributed by atoms with E-state index in [4.69, 9.17) is 17.0 Å². The van der Waals surface area contributed by atoms with Crippen LogP contribution in [0.2, 0.25) is 5.02 Å². The average molecular weight is 731 g/mol. The minimum Gasteiger partial charge on any atom is -0.376 e. The molecule has 12 heteroatoms. The topological polar surface area (TPSA) is 128 Å². The molecule has 0 saturated carbocycles. The Hall–Kier alpha value is -3.71. The van der Waals surface area contributed by atoms with Gasteiger partial charge in [0.2, 0.25) is 11.8 Å². The molecule has 230 valence electrons. The third-order valence-corrected chi connectivity index (χ3v) is 9.39. The van der Waals surface area contributed by atoms with Gasteiger partial charge in [0.25, 0.3) is 0 Å². The number of aryl methyl sites for hydroxylation is 1. The SMILES string of the molecule is CC(=O)C(=N)c1cc(-c2cnc(C)nc2)ccc1NCC(=O)N1[C@H](C)[C@H](I)C[C@H]1C(=O)NC/C(F)=C(/C)c1cccc(Cl)c1. The molecule has 1 saturated heterocycles. The number of ketones is 1. The van der Waals surface area contributed by atoms with Gasteiger partial charge in [0.15, 0.2) is 5.78 Å². The van der Waals surface area contributed by atoms with Gasteiger partial charge in [0.1, 0.15) is 23.4 Å². The van der Waals surface area contributed by atoms with Crippen LogP contribution in [0, 0.1) is 12.3 Å². The maximum Gasteiger partial charge on any atom is 0.243 e. The molecule has 44 heavy (non-hydrogen) atoms. The second-order valence-corrected chi connectivity index (χ2v) is 12.7. The quantitative estimate of drug-likeness (QED) is 0.138. The molecule has 1 fully saturated rings. The lowest BCUT2D eigenvalue weighted by Gasteiger charge is -2.28. The zero-order chi connectivity index (χ0) is 32.1. The number of likely N-dealkylation sites (tertiary alicyclic amines) is 1. The molecule has 3 atom stereocenters. The molecule has 2 aromatic carbocycles. The third-order valence-electron chi connectivity index (χ3n) is 7.60. The zero-order valence-corrected chi connectivity index (χ0v) is 27.7. The first-order valence-corrected chi connectivity index (χ1v) is 15.6. The monoisotopic (exact) mass is 730 g/mol. The second kappa shape index (κ2) is 14.4. The maximum atomic E-state index is 15.0. The van der Waals surface area contributed by atoms with Gasteiger partial charge in [-0.25, -0.2) is 14.4 Å². The number of allylic oxidation sites excluding steroid dienone is 1. The molecule has 1 aliphatic heterocycles. The summed E-state index contributed by atoms with van der Waals surface area (Å²) in [4.78, 5) is 48.9. The van der Waals surface area contributed by atoms with Crippen molar-refractivity contribution >= 4 is 68.8 Å². The third kappa shape index (κ3) is 7.68. The highest BCUT2D eigenvalue weighted by Crippen LogP contribution is 2.31. The predicted molar refractivity (Wildman–Crippen MR) is 179 cm³/mol. The van der Waals surface area contributed by atoms with Crippen LogP contribution in [0.4, 0.5) is 10.1 Å². The van der Waals surface area contributed by atoms with E-state index >= 15 is 0 Å². The van der Waals surface area contributed by atoms with Gasteiger partial charge in [-0.2, -0.15) is 0 Å². The molecule has 3 N–H and O–H groups in total. The molecule has 9 nitrogen and oxygen atoms in total. The van der Waals surface area contributed by atoms with Crippen LogP contribution in [0.3, 0.4) is 0 Å². The van der Waals surface area contributed by atoms with Crippen LogP contribution in [-0.2, 0) is 14.4 Å². The van der Waals surface area contributed by atoms with E-state index in [0.717, 1.165) is 5.56 Å². The van der Waals surface area contributed by atoms with E-state index in [-0.39, 0.29) is 34.7 Å². The molecule has 0 aliphatic carbocycles. The number of hydrogen-bond acceptors (Lipinski definition) is 7. The Kier molecular flexibility index (Phi) is 10.8. The number of halogens is 3. The van der Waals surface area contributed by atoms with Crippen LogP contribution in [0.5, 0.6) is 0 Å². The first kappa shape index (κ1) is 33.2. The van der Waals surface area contributed by atoms with Gasteiger partial charge < -0.3 is 15.5 Å². The Labute approximate surface area is 274 Å². The number of Topliss-reactive ketones (excluding diaryl/α,β-unsaturated/α-hetero) is 1. The fourth-order valence-corrected chi connectivity index (χ4v) is 6.01. The molecule has 4 rings (SSSR count). The van der Waals surface area contributed by atoms with E-state index in [1.165, 1.54) is 11.8 Å². The van der Waals surface area contributed by atoms with Gasteiger partial charge in [0, 0.05) is 51.1 Å². The van der Waals surface area contributed by atoms with Crippen LogP contribution in [0.1, 0.15) is 44.1 Å². The highest BCUT2D eigenvalue weighted by atomic mass is 127. The van der Waals surface area contributed by atoms with Crippen molar-refractivity contribution in [2.45, 2.75) is 50.1 Å². The summed E-state index contributed by atoms with van der Waals surface area (Å²) in [5, 5.41) is 14.6. The van der Waals surface area contributed by atoms with Gasteiger partial charge >= 0.3 is 0 Å². The molecule has 0 unspecified atom stereocenters. The molecule has 0 spiro atoms. The van der Waals surface area contributed by atoms with Gasteiger partial charge in [-0.1, -0.05) is 52.4 Å². The maximum absolute atomic E-state index is 15.0. The fraction of sp³-hybridized carbons (Fsp3) is 0.312. The van der Waals surface area contributed by atoms with Crippen molar-refractivity contribution in [1.82, 2.24) is 20.2 Å². The average Bonchev–Trinajstić information content (AvgIpc) is 3.31. The van der Waals surface area contributed by atoms with Crippen molar-refractivity contribution < 1.29 is 18.8 Å². The number of nitrogens with zero attached hydrogens (tertiary/aromatic N) is 3. The Bertz CT molecular complexity index is 1630. The fourth-order valence-electron chi connectivity index (χ4n) is 4.99. The number of hydrogen-bond donors (Lipinski definition) is 3. The number of carbonyl (C=O) groups excluding carboxylic acids is 3. The van der Waals surface area contributed by atoms with Crippen molar-refractivity contribution in [3.8, 4) is 11.1 Å². The summed E-state index contributed by atoms with van der Waals surface area (Å²) in [5.41, 5.74) is 2.96. The molecule has 0 bridgehead atoms. The van der Waals surface area contributed by atoms with Gasteiger partial charge in [-0.3, -0.25) is 19.8 Å². The molecular formula is C32H33ClFIN6O3. The zero-order valence-electron chi connectivity index (χ0n) is 24.7. The standard InChI is InChI=1S/C32H33ClFIN6O3/c1-17(21-6-5-7-24(33)10-21)26(34)15-40-32(44)29-12-27(35)18(2)41(29)30(43)16-39-28-9-8-22(11-25(28)31(36)19(3)42)23-13-37-20(4)38-14-23/h5-11,13-14,18,27,29,36,39H,12,15-16H2,1-4H3,(H,40,44)/b26-17+,36-31?/t18-,27-,29+/m1/s1. The lowest BCUT2D eigenvalue weighted by molar-refractivity contribution is -0.138. The summed E-state index contributed by atoms with van der Waals surface area (Å²) in [7, 11) is 0. The van der Waals surface area contributed by atoms with Crippen molar-refractivity contribution in [3.63, 3.8) is 0 Å². The van der Waals surface area contributed by atoms with Crippen molar-refractivity contribution in [3.05, 3.63) is 82.7 Å². The van der Waals surface area contributed by atoms with Crippen LogP contribution in [0.15, 0.2) is 60.7 Å². The van der Waals surface area contributed by atoms with E-state index < -0.39 is 23.6 Å². The van der Waals surface area contributed by atoms with E-state index in [1.807, 2.05) is 6.92 Å². The minimum atomic E-state index is -0.778. The summed E-state index contributed by atoms with van der Waals surface area (Å²) in [6.07, 6.45) is 3.75. The Morgan fingerprint density at radius 2 is 1.80 bits per heavy atom. The minimum absolute atomic E-state index is 0.0124. The highest BCUT2D eigenvalue weighted by Gasteiger charge is 2.43. The van der Waals surface area contributed by atoms with E-state index in [9.17, 15) is 18.8 Å². The van der Waals surface area contributed by atoms with Crippen LogP contribution < -0.4 is 10.6 Å². The summed E-state index contributed by atoms with van der Waals surface area (Å²) in [6, 6.07) is 11.0. The molecule has 3 aromatic rings. The Morgan fingerprint density at radius 1 is 1.09 bits per heavy atom. The molecule has 0 radical (unpaired) electrons. The Balaban J connectivity index is 1.48. The predicted octanol–water partition coefficient (Wildman–Crippen LogP) is 5.78. The second-order valence-electron chi connectivity index (χ2n) is 10.6. The molecule has 1 aromatic heterocycles. The van der Waals surface area contributed by atoms with Gasteiger partial charge in [0.05, 0.1) is 13.1 Å². The number of rotatable bonds is 10. The highest BCUT2D eigenvalue weighted by molar-refractivity contribution is 14.1. The van der Waals surface area contributed by atoms with E-state index in [0.29, 0.717) is 45.2 Å². The van der Waals surface area contributed by atoms with Crippen LogP contribution in [-0.4, -0.2) is 67.3 Å². The molecule has 2 heterocycles. The Morgan fingerprint density at radius 3 is 2.45 bits per heavy atom. The molecular weight excluding hydrogens is 698 g/mol. The smallest absolute Gasteiger partial charge is 0.243 e. The number of aromatic nitrogens is 2. The summed E-state index contributed by atoms with van der Waals surface area (Å²) in [6.45, 7) is 6.09. The number of carbonyl (C=O) groups is 3. The summed E-state index contributed by atoms with van der Waals surface area (Å²) < 4.78 is 15.0. The first-order chi connectivity index (χ1) is 20.9. The van der Waals surface area contributed by atoms with Crippen molar-refractivity contribution in [2.24, 2.45) is 0 Å². The van der Waals surface area contributed by atoms with Crippen LogP contribution in [0.25, 0.3) is 16.7 Å². The summed E-state index contributed by atoms with van der Waals surface area (Å²) in [5.74, 6) is -1.09. The number of alkyl halides is 1. The normalized spacial score (nSPS) is 18.4. The van der Waals surface area contributed by atoms with Crippen molar-refractivity contribution in [2.75, 3.05) is 18.4 Å². The lowest BCUT2D eigenvalue weighted by atomic mass is 9.99. The van der Waals surface area contributed by atoms with E-state index in [2.05, 4.69) is 43.2 Å². The lowest BCUT2D eigenvalue weighted by Crippen LogP contribution is -2.50. The number of nitrogens with one attached hydrogen (secondary N) is 3.